The highest BCUT2D eigenvalue weighted by atomic mass is 16.4. The largest absolute Gasteiger partial charge is 0.481 e. The third kappa shape index (κ3) is 2.94. The van der Waals surface area contributed by atoms with Gasteiger partial charge in [-0.2, -0.15) is 0 Å². The minimum absolute atomic E-state index is 0.00118. The Bertz CT molecular complexity index is 1020. The maximum atomic E-state index is 14.2. The number of carbonyl (C=O) groups is 3. The van der Waals surface area contributed by atoms with E-state index in [1.807, 2.05) is 6.08 Å². The Morgan fingerprint density at radius 1 is 0.971 bits per heavy atom. The maximum Gasteiger partial charge on any atom is 0.310 e. The second-order valence-corrected chi connectivity index (χ2v) is 14.7. The van der Waals surface area contributed by atoms with Crippen LogP contribution in [0.5, 0.6) is 0 Å². The summed E-state index contributed by atoms with van der Waals surface area (Å²) in [5, 5.41) is 21.7. The van der Waals surface area contributed by atoms with E-state index in [4.69, 9.17) is 0 Å². The van der Waals surface area contributed by atoms with Crippen molar-refractivity contribution >= 4 is 17.5 Å². The predicted molar refractivity (Wildman–Crippen MR) is 133 cm³/mol. The number of aliphatic carboxylic acids is 1. The number of carboxylic acids is 1. The van der Waals surface area contributed by atoms with Crippen LogP contribution in [-0.2, 0) is 14.4 Å². The number of allylic oxidation sites excluding steroid dienone is 1. The Kier molecular flexibility index (Phi) is 5.25. The predicted octanol–water partition coefficient (Wildman–Crippen LogP) is 5.59. The average Bonchev–Trinajstić information content (AvgIpc) is 2.76. The first-order valence-electron chi connectivity index (χ1n) is 13.7. The number of ketones is 2. The molecular formula is C30H44O5. The van der Waals surface area contributed by atoms with Crippen molar-refractivity contribution in [2.45, 2.75) is 99.3 Å². The fourth-order valence-corrected chi connectivity index (χ4v) is 10.4. The van der Waals surface area contributed by atoms with Crippen molar-refractivity contribution in [3.63, 3.8) is 0 Å². The van der Waals surface area contributed by atoms with Crippen molar-refractivity contribution in [2.24, 2.45) is 50.2 Å². The molecule has 5 aliphatic rings. The Morgan fingerprint density at radius 3 is 2.26 bits per heavy atom. The lowest BCUT2D eigenvalue weighted by atomic mass is 9.33. The van der Waals surface area contributed by atoms with Crippen LogP contribution < -0.4 is 0 Å². The highest BCUT2D eigenvalue weighted by molar-refractivity contribution is 5.96. The van der Waals surface area contributed by atoms with Gasteiger partial charge in [-0.25, -0.2) is 0 Å². The van der Waals surface area contributed by atoms with Crippen molar-refractivity contribution in [3.8, 4) is 0 Å². The zero-order chi connectivity index (χ0) is 25.8. The van der Waals surface area contributed by atoms with Crippen LogP contribution in [0.25, 0.3) is 0 Å². The Labute approximate surface area is 210 Å². The highest BCUT2D eigenvalue weighted by Crippen LogP contribution is 2.74. The van der Waals surface area contributed by atoms with Gasteiger partial charge in [0.15, 0.2) is 5.78 Å². The van der Waals surface area contributed by atoms with Gasteiger partial charge >= 0.3 is 5.97 Å². The third-order valence-corrected chi connectivity index (χ3v) is 12.5. The molecule has 5 nitrogen and oxygen atoms in total. The molecule has 0 spiro atoms. The molecule has 4 fully saturated rings. The lowest BCUT2D eigenvalue weighted by Gasteiger charge is -2.70. The van der Waals surface area contributed by atoms with Crippen LogP contribution in [0.15, 0.2) is 11.6 Å². The van der Waals surface area contributed by atoms with Gasteiger partial charge in [-0.3, -0.25) is 14.4 Å². The first-order chi connectivity index (χ1) is 16.1. The van der Waals surface area contributed by atoms with E-state index in [0.29, 0.717) is 37.9 Å². The third-order valence-electron chi connectivity index (χ3n) is 12.5. The normalized spacial score (nSPS) is 48.1. The number of Topliss-reactive ketones (excluding diaryl/α,β-unsaturated/α-hetero) is 1. The molecule has 7 atom stereocenters. The van der Waals surface area contributed by atoms with E-state index in [1.54, 1.807) is 0 Å². The molecule has 35 heavy (non-hydrogen) atoms. The molecule has 0 aromatic carbocycles. The van der Waals surface area contributed by atoms with Gasteiger partial charge in [-0.1, -0.05) is 47.1 Å². The van der Waals surface area contributed by atoms with Crippen molar-refractivity contribution < 1.29 is 24.6 Å². The fraction of sp³-hybridized carbons (Fsp3) is 0.833. The summed E-state index contributed by atoms with van der Waals surface area (Å²) < 4.78 is 0. The number of rotatable bonds is 2. The standard InChI is InChI=1S/C30H44O5/c1-25(2)11-12-29(24(34)35)13-14-30(17-31)18(19(29)16-25)15-20(32)23-27(5)9-8-22(33)26(3,4)21(27)7-10-28(23,30)6/h15,19,21,23,31H,7-14,16-17H2,1-6H3,(H,34,35). The van der Waals surface area contributed by atoms with Gasteiger partial charge < -0.3 is 10.2 Å². The molecule has 0 amide bonds. The SMILES string of the molecule is CC1(C)CCC2(C(=O)O)CCC3(CO)C(=CC(=O)C4C5(C)CCC(=O)C(C)(C)C5CCC43C)C2C1. The minimum Gasteiger partial charge on any atom is -0.481 e. The van der Waals surface area contributed by atoms with Gasteiger partial charge in [0.2, 0.25) is 0 Å². The van der Waals surface area contributed by atoms with Crippen LogP contribution in [0.3, 0.4) is 0 Å². The fourth-order valence-electron chi connectivity index (χ4n) is 10.4. The van der Waals surface area contributed by atoms with Crippen LogP contribution in [0.1, 0.15) is 99.3 Å². The van der Waals surface area contributed by atoms with Crippen LogP contribution >= 0.6 is 0 Å². The molecule has 0 bridgehead atoms. The molecule has 0 aromatic rings. The van der Waals surface area contributed by atoms with Gasteiger partial charge in [0, 0.05) is 23.2 Å². The maximum absolute atomic E-state index is 14.2. The molecular weight excluding hydrogens is 440 g/mol. The summed E-state index contributed by atoms with van der Waals surface area (Å²) in [6, 6.07) is 0. The van der Waals surface area contributed by atoms with Crippen molar-refractivity contribution in [1.29, 1.82) is 0 Å². The molecule has 5 rings (SSSR count). The molecule has 194 valence electrons. The van der Waals surface area contributed by atoms with E-state index in [1.165, 1.54) is 0 Å². The number of fused-ring (bicyclic) bond motifs is 7. The molecule has 5 aliphatic carbocycles. The number of hydrogen-bond donors (Lipinski definition) is 2. The number of aliphatic hydroxyl groups is 1. The van der Waals surface area contributed by atoms with Crippen molar-refractivity contribution in [3.05, 3.63) is 11.6 Å². The van der Waals surface area contributed by atoms with E-state index in [-0.39, 0.29) is 41.0 Å². The number of hydrogen-bond acceptors (Lipinski definition) is 4. The molecule has 0 radical (unpaired) electrons. The summed E-state index contributed by atoms with van der Waals surface area (Å²) in [5.74, 6) is -0.679. The zero-order valence-corrected chi connectivity index (χ0v) is 22.5. The minimum atomic E-state index is -0.843. The second-order valence-electron chi connectivity index (χ2n) is 14.7. The quantitative estimate of drug-likeness (QED) is 0.533. The van der Waals surface area contributed by atoms with Gasteiger partial charge in [-0.15, -0.1) is 0 Å². The first-order valence-corrected chi connectivity index (χ1v) is 13.7. The van der Waals surface area contributed by atoms with E-state index in [0.717, 1.165) is 31.3 Å². The smallest absolute Gasteiger partial charge is 0.310 e. The van der Waals surface area contributed by atoms with Gasteiger partial charge in [-0.05, 0) is 85.5 Å². The van der Waals surface area contributed by atoms with Crippen molar-refractivity contribution in [1.82, 2.24) is 0 Å². The zero-order valence-electron chi connectivity index (χ0n) is 22.5. The van der Waals surface area contributed by atoms with Crippen LogP contribution in [0.2, 0.25) is 0 Å². The summed E-state index contributed by atoms with van der Waals surface area (Å²) in [6.45, 7) is 12.9. The van der Waals surface area contributed by atoms with Crippen LogP contribution in [0, 0.1) is 50.2 Å². The molecule has 2 N–H and O–H groups in total. The molecule has 4 saturated carbocycles. The number of carbonyl (C=O) groups excluding carboxylic acids is 2. The molecule has 5 heteroatoms. The Balaban J connectivity index is 1.69. The monoisotopic (exact) mass is 484 g/mol. The van der Waals surface area contributed by atoms with E-state index < -0.39 is 27.6 Å². The second kappa shape index (κ2) is 7.30. The summed E-state index contributed by atoms with van der Waals surface area (Å²) >= 11 is 0. The van der Waals surface area contributed by atoms with Crippen LogP contribution in [0.4, 0.5) is 0 Å². The lowest BCUT2D eigenvalue weighted by Crippen LogP contribution is -2.68. The first kappa shape index (κ1) is 25.2. The molecule has 7 unspecified atom stereocenters. The molecule has 0 aliphatic heterocycles. The molecule has 0 heterocycles. The Morgan fingerprint density at radius 2 is 1.63 bits per heavy atom. The lowest BCUT2D eigenvalue weighted by molar-refractivity contribution is -0.199. The van der Waals surface area contributed by atoms with E-state index >= 15 is 0 Å². The van der Waals surface area contributed by atoms with E-state index in [9.17, 15) is 24.6 Å². The van der Waals surface area contributed by atoms with Gasteiger partial charge in [0.1, 0.15) is 5.78 Å². The number of aliphatic hydroxyl groups excluding tert-OH is 1. The van der Waals surface area contributed by atoms with Gasteiger partial charge in [0.05, 0.1) is 12.0 Å². The highest BCUT2D eigenvalue weighted by Gasteiger charge is 2.72. The average molecular weight is 485 g/mol. The van der Waals surface area contributed by atoms with E-state index in [2.05, 4.69) is 41.5 Å². The molecule has 0 aromatic heterocycles. The topological polar surface area (TPSA) is 91.7 Å². The number of carboxylic acid groups (broad SMARTS) is 1. The van der Waals surface area contributed by atoms with Crippen molar-refractivity contribution in [2.75, 3.05) is 6.61 Å². The summed E-state index contributed by atoms with van der Waals surface area (Å²) in [4.78, 5) is 39.9. The van der Waals surface area contributed by atoms with Gasteiger partial charge in [0.25, 0.3) is 0 Å². The van der Waals surface area contributed by atoms with Crippen LogP contribution in [-0.4, -0.2) is 34.4 Å². The molecule has 0 saturated heterocycles. The summed E-state index contributed by atoms with van der Waals surface area (Å²) in [5.41, 5.74) is -1.70. The summed E-state index contributed by atoms with van der Waals surface area (Å²) in [6.07, 6.45) is 8.08. The Hall–Kier alpha value is -1.49. The summed E-state index contributed by atoms with van der Waals surface area (Å²) in [7, 11) is 0.